The quantitative estimate of drug-likeness (QED) is 0.280. The van der Waals surface area contributed by atoms with Crippen molar-refractivity contribution in [1.82, 2.24) is 0 Å². The summed E-state index contributed by atoms with van der Waals surface area (Å²) < 4.78 is 4.89. The topological polar surface area (TPSA) is 141 Å². The molecule has 0 amide bonds. The molecule has 162 valence electrons. The van der Waals surface area contributed by atoms with Crippen LogP contribution in [0.15, 0.2) is 60.7 Å². The first kappa shape index (κ1) is 22.1. The fraction of sp³-hybridized carbons (Fsp3) is 0.0417. The Balaban J connectivity index is 0.000000204. The van der Waals surface area contributed by atoms with Crippen molar-refractivity contribution in [1.29, 1.82) is 0 Å². The van der Waals surface area contributed by atoms with Crippen LogP contribution in [0.4, 0.5) is 0 Å². The number of hydrogen-bond donors (Lipinski definition) is 4. The Labute approximate surface area is 182 Å². The molecule has 0 atom stereocenters. The fourth-order valence-corrected chi connectivity index (χ4v) is 2.95. The largest absolute Gasteiger partial charge is 0.504 e. The van der Waals surface area contributed by atoms with Crippen molar-refractivity contribution in [2.24, 2.45) is 0 Å². The molecule has 0 radical (unpaired) electrons. The molecule has 3 aromatic rings. The van der Waals surface area contributed by atoms with Crippen LogP contribution in [-0.2, 0) is 4.79 Å². The summed E-state index contributed by atoms with van der Waals surface area (Å²) in [5.74, 6) is -3.44. The van der Waals surface area contributed by atoms with E-state index in [9.17, 15) is 34.8 Å². The molecule has 0 heterocycles. The van der Waals surface area contributed by atoms with Crippen molar-refractivity contribution in [3.05, 3.63) is 82.9 Å². The Bertz CT molecular complexity index is 1260. The minimum Gasteiger partial charge on any atom is -0.504 e. The Morgan fingerprint density at radius 1 is 0.812 bits per heavy atom. The first-order chi connectivity index (χ1) is 15.2. The molecule has 0 saturated heterocycles. The number of carbonyl (C=O) groups is 3. The van der Waals surface area contributed by atoms with E-state index in [2.05, 4.69) is 0 Å². The summed E-state index contributed by atoms with van der Waals surface area (Å²) in [6.07, 6.45) is 2.98. The first-order valence-corrected chi connectivity index (χ1v) is 9.26. The number of benzene rings is 3. The highest BCUT2D eigenvalue weighted by Crippen LogP contribution is 2.38. The third-order valence-electron chi connectivity index (χ3n) is 4.66. The smallest absolute Gasteiger partial charge is 0.233 e. The van der Waals surface area contributed by atoms with E-state index in [1.807, 2.05) is 12.1 Å². The van der Waals surface area contributed by atoms with E-state index < -0.39 is 34.6 Å². The van der Waals surface area contributed by atoms with Gasteiger partial charge in [-0.05, 0) is 42.0 Å². The molecule has 1 aliphatic carbocycles. The molecule has 3 aromatic carbocycles. The Morgan fingerprint density at radius 3 is 2.22 bits per heavy atom. The van der Waals surface area contributed by atoms with Crippen molar-refractivity contribution in [3.8, 4) is 28.7 Å². The third kappa shape index (κ3) is 4.29. The fourth-order valence-electron chi connectivity index (χ4n) is 2.95. The summed E-state index contributed by atoms with van der Waals surface area (Å²) in [6, 6.07) is 13.3. The number of ketones is 3. The van der Waals surface area contributed by atoms with Crippen molar-refractivity contribution >= 4 is 23.4 Å². The van der Waals surface area contributed by atoms with Gasteiger partial charge in [0.2, 0.25) is 17.3 Å². The number of ether oxygens (including phenoxy) is 1. The van der Waals surface area contributed by atoms with Gasteiger partial charge in [-0.2, -0.15) is 0 Å². The van der Waals surface area contributed by atoms with E-state index in [1.54, 1.807) is 18.2 Å². The first-order valence-electron chi connectivity index (χ1n) is 9.26. The molecule has 0 unspecified atom stereocenters. The van der Waals surface area contributed by atoms with Gasteiger partial charge in [-0.3, -0.25) is 14.4 Å². The molecule has 4 rings (SSSR count). The van der Waals surface area contributed by atoms with Crippen molar-refractivity contribution in [3.63, 3.8) is 0 Å². The molecule has 8 heteroatoms. The van der Waals surface area contributed by atoms with Crippen molar-refractivity contribution < 1.29 is 39.5 Å². The summed E-state index contributed by atoms with van der Waals surface area (Å²) >= 11 is 0. The standard InChI is InChI=1S/C14H12O6.C10H6O2/c1-20-11-6-7(2-4-9(11)15)12(17)8-3-5-10(16)14(19)13(8)18;11-9-6-5-7-3-1-2-4-8(7)10(9)12/h2-6,15-16,18-19H,1H3;1-6H. The van der Waals surface area contributed by atoms with Crippen LogP contribution < -0.4 is 4.74 Å². The predicted molar refractivity (Wildman–Crippen MR) is 114 cm³/mol. The number of aromatic hydroxyl groups is 4. The van der Waals surface area contributed by atoms with E-state index in [-0.39, 0.29) is 22.6 Å². The maximum Gasteiger partial charge on any atom is 0.233 e. The van der Waals surface area contributed by atoms with Crippen LogP contribution in [0.1, 0.15) is 31.8 Å². The number of fused-ring (bicyclic) bond motifs is 1. The highest BCUT2D eigenvalue weighted by atomic mass is 16.5. The molecule has 1 aliphatic rings. The van der Waals surface area contributed by atoms with Crippen LogP contribution >= 0.6 is 0 Å². The lowest BCUT2D eigenvalue weighted by atomic mass is 9.96. The third-order valence-corrected chi connectivity index (χ3v) is 4.66. The molecule has 0 aromatic heterocycles. The lowest BCUT2D eigenvalue weighted by molar-refractivity contribution is -0.110. The van der Waals surface area contributed by atoms with Gasteiger partial charge in [-0.1, -0.05) is 30.3 Å². The lowest BCUT2D eigenvalue weighted by Crippen LogP contribution is -2.15. The molecule has 0 spiro atoms. The van der Waals surface area contributed by atoms with E-state index in [4.69, 9.17) is 4.74 Å². The summed E-state index contributed by atoms with van der Waals surface area (Å²) in [5.41, 5.74) is 1.31. The minimum atomic E-state index is -0.762. The van der Waals surface area contributed by atoms with Gasteiger partial charge in [0.1, 0.15) is 0 Å². The molecular weight excluding hydrogens is 416 g/mol. The van der Waals surface area contributed by atoms with Gasteiger partial charge in [0.15, 0.2) is 28.8 Å². The summed E-state index contributed by atoms with van der Waals surface area (Å²) in [6.45, 7) is 0. The van der Waals surface area contributed by atoms with E-state index in [0.717, 1.165) is 11.6 Å². The SMILES string of the molecule is COc1cc(C(=O)c2ccc(O)c(O)c2O)ccc1O.O=C1C=Cc2ccccc2C1=O. The number of hydrogen-bond acceptors (Lipinski definition) is 8. The number of allylic oxidation sites excluding steroid dienone is 1. The second-order valence-corrected chi connectivity index (χ2v) is 6.66. The molecule has 0 bridgehead atoms. The Hall–Kier alpha value is -4.59. The number of phenolic OH excluding ortho intramolecular Hbond substituents is 4. The van der Waals surface area contributed by atoms with E-state index >= 15 is 0 Å². The van der Waals surface area contributed by atoms with Crippen LogP contribution in [-0.4, -0.2) is 44.9 Å². The zero-order valence-electron chi connectivity index (χ0n) is 16.8. The van der Waals surface area contributed by atoms with E-state index in [0.29, 0.717) is 5.56 Å². The zero-order chi connectivity index (χ0) is 23.4. The van der Waals surface area contributed by atoms with Gasteiger partial charge in [0.25, 0.3) is 0 Å². The van der Waals surface area contributed by atoms with Gasteiger partial charge in [-0.25, -0.2) is 0 Å². The van der Waals surface area contributed by atoms with Crippen LogP contribution in [0.5, 0.6) is 28.7 Å². The molecule has 0 aliphatic heterocycles. The summed E-state index contributed by atoms with van der Waals surface area (Å²) in [7, 11) is 1.34. The van der Waals surface area contributed by atoms with Crippen LogP contribution in [0.25, 0.3) is 6.08 Å². The lowest BCUT2D eigenvalue weighted by Gasteiger charge is -2.08. The number of carbonyl (C=O) groups excluding carboxylic acids is 3. The number of rotatable bonds is 3. The normalized spacial score (nSPS) is 11.9. The number of phenols is 4. The average molecular weight is 434 g/mol. The van der Waals surface area contributed by atoms with Gasteiger partial charge in [-0.15, -0.1) is 0 Å². The summed E-state index contributed by atoms with van der Waals surface area (Å²) in [5, 5.41) is 37.8. The molecule has 32 heavy (non-hydrogen) atoms. The van der Waals surface area contributed by atoms with Gasteiger partial charge in [0, 0.05) is 11.1 Å². The maximum atomic E-state index is 12.2. The Morgan fingerprint density at radius 2 is 1.50 bits per heavy atom. The second kappa shape index (κ2) is 9.05. The van der Waals surface area contributed by atoms with Crippen LogP contribution in [0.2, 0.25) is 0 Å². The molecule has 0 fully saturated rings. The van der Waals surface area contributed by atoms with E-state index in [1.165, 1.54) is 37.5 Å². The zero-order valence-corrected chi connectivity index (χ0v) is 16.8. The van der Waals surface area contributed by atoms with Gasteiger partial charge < -0.3 is 25.2 Å². The van der Waals surface area contributed by atoms with Crippen LogP contribution in [0, 0.1) is 0 Å². The summed E-state index contributed by atoms with van der Waals surface area (Å²) in [4.78, 5) is 34.4. The highest BCUT2D eigenvalue weighted by molar-refractivity contribution is 6.49. The average Bonchev–Trinajstić information content (AvgIpc) is 2.80. The highest BCUT2D eigenvalue weighted by Gasteiger charge is 2.20. The Kier molecular flexibility index (Phi) is 6.25. The van der Waals surface area contributed by atoms with Crippen LogP contribution in [0.3, 0.4) is 0 Å². The molecule has 4 N–H and O–H groups in total. The molecule has 8 nitrogen and oxygen atoms in total. The second-order valence-electron chi connectivity index (χ2n) is 6.66. The minimum absolute atomic E-state index is 0.110. The van der Waals surface area contributed by atoms with Gasteiger partial charge in [0.05, 0.1) is 12.7 Å². The molecular formula is C24H18O8. The van der Waals surface area contributed by atoms with Crippen molar-refractivity contribution in [2.75, 3.05) is 7.11 Å². The molecule has 0 saturated carbocycles. The number of Topliss-reactive ketones (excluding diaryl/α,β-unsaturated/α-hetero) is 1. The van der Waals surface area contributed by atoms with Crippen molar-refractivity contribution in [2.45, 2.75) is 0 Å². The monoisotopic (exact) mass is 434 g/mol. The van der Waals surface area contributed by atoms with Gasteiger partial charge >= 0.3 is 0 Å². The maximum absolute atomic E-state index is 12.2. The predicted octanol–water partition coefficient (Wildman–Crippen LogP) is 3.21. The number of methoxy groups -OCH3 is 1.